The van der Waals surface area contributed by atoms with Gasteiger partial charge in [-0.2, -0.15) is 10.1 Å². The van der Waals surface area contributed by atoms with Gasteiger partial charge >= 0.3 is 0 Å². The fourth-order valence-corrected chi connectivity index (χ4v) is 8.02. The van der Waals surface area contributed by atoms with Gasteiger partial charge in [0.25, 0.3) is 23.6 Å². The Kier molecular flexibility index (Phi) is 7.40. The number of carbonyl (C=O) groups excluding carboxylic acids is 4. The molecule has 2 aliphatic heterocycles. The summed E-state index contributed by atoms with van der Waals surface area (Å²) in [6, 6.07) is 16.7. The number of imide groups is 2. The number of methoxy groups -OCH3 is 1. The molecule has 3 fully saturated rings. The molecule has 3 aromatic rings. The van der Waals surface area contributed by atoms with Crippen LogP contribution in [0.3, 0.4) is 0 Å². The smallest absolute Gasteiger partial charge is 0.260 e. The van der Waals surface area contributed by atoms with E-state index < -0.39 is 64.5 Å². The summed E-state index contributed by atoms with van der Waals surface area (Å²) in [5.74, 6) is -7.02. The van der Waals surface area contributed by atoms with Gasteiger partial charge in [0.15, 0.2) is 11.5 Å². The lowest BCUT2D eigenvalue weighted by Crippen LogP contribution is -2.54. The molecular formula is C35H29ClFN3O7. The first-order chi connectivity index (χ1) is 22.6. The Balaban J connectivity index is 1.43. The summed E-state index contributed by atoms with van der Waals surface area (Å²) in [5, 5.41) is 22.0. The number of halogens is 2. The number of hydrazine groups is 1. The van der Waals surface area contributed by atoms with Gasteiger partial charge in [-0.3, -0.25) is 29.8 Å². The highest BCUT2D eigenvalue weighted by molar-refractivity contribution is 6.30. The van der Waals surface area contributed by atoms with Gasteiger partial charge < -0.3 is 9.84 Å². The monoisotopic (exact) mass is 657 g/mol. The van der Waals surface area contributed by atoms with Crippen molar-refractivity contribution >= 4 is 47.0 Å². The Hall–Kier alpha value is -5.00. The second kappa shape index (κ2) is 11.4. The molecule has 12 heteroatoms. The van der Waals surface area contributed by atoms with E-state index in [-0.39, 0.29) is 29.4 Å². The number of allylic oxidation sites excluding steroid dienone is 3. The molecule has 0 bridgehead atoms. The fraction of sp³-hybridized carbons (Fsp3) is 0.257. The van der Waals surface area contributed by atoms with Crippen molar-refractivity contribution in [2.45, 2.75) is 18.3 Å². The molecule has 10 nitrogen and oxygen atoms in total. The number of benzene rings is 3. The number of hydroxylamine groups is 2. The van der Waals surface area contributed by atoms with E-state index in [4.69, 9.17) is 16.3 Å². The van der Waals surface area contributed by atoms with E-state index in [1.807, 2.05) is 6.08 Å². The molecule has 47 heavy (non-hydrogen) atoms. The van der Waals surface area contributed by atoms with Crippen LogP contribution in [-0.2, 0) is 24.6 Å². The molecule has 2 aliphatic carbocycles. The maximum absolute atomic E-state index is 14.9. The maximum Gasteiger partial charge on any atom is 0.260 e. The number of hydrogen-bond acceptors (Lipinski definition) is 8. The highest BCUT2D eigenvalue weighted by Gasteiger charge is 2.69. The third kappa shape index (κ3) is 4.63. The lowest BCUT2D eigenvalue weighted by molar-refractivity contribution is -0.173. The van der Waals surface area contributed by atoms with Crippen molar-refractivity contribution in [3.8, 4) is 11.5 Å². The Bertz CT molecular complexity index is 1880. The topological polar surface area (TPSA) is 136 Å². The third-order valence-corrected chi connectivity index (χ3v) is 10.2. The Morgan fingerprint density at radius 3 is 2.40 bits per heavy atom. The number of nitrogens with one attached hydrogen (secondary N) is 1. The molecule has 1 saturated carbocycles. The molecule has 3 aromatic carbocycles. The largest absolute Gasteiger partial charge is 0.504 e. The first-order valence-electron chi connectivity index (χ1n) is 15.0. The van der Waals surface area contributed by atoms with Crippen LogP contribution in [0, 0.1) is 35.4 Å². The van der Waals surface area contributed by atoms with Gasteiger partial charge in [-0.1, -0.05) is 53.6 Å². The highest BCUT2D eigenvalue weighted by atomic mass is 35.5. The summed E-state index contributed by atoms with van der Waals surface area (Å²) >= 11 is 6.28. The molecule has 7 rings (SSSR count). The maximum atomic E-state index is 14.9. The number of phenolic OH excluding ortho intramolecular Hbond substituents is 1. The van der Waals surface area contributed by atoms with Crippen LogP contribution >= 0.6 is 11.6 Å². The van der Waals surface area contributed by atoms with Crippen molar-refractivity contribution in [1.82, 2.24) is 10.1 Å². The Morgan fingerprint density at radius 2 is 1.70 bits per heavy atom. The van der Waals surface area contributed by atoms with Gasteiger partial charge in [0.05, 0.1) is 36.0 Å². The van der Waals surface area contributed by atoms with Crippen LogP contribution in [0.2, 0.25) is 5.02 Å². The molecule has 0 radical (unpaired) electrons. The predicted octanol–water partition coefficient (Wildman–Crippen LogP) is 5.11. The minimum atomic E-state index is -1.52. The molecule has 3 N–H and O–H groups in total. The van der Waals surface area contributed by atoms with Gasteiger partial charge in [-0.05, 0) is 78.4 Å². The van der Waals surface area contributed by atoms with Gasteiger partial charge in [-0.25, -0.2) is 4.39 Å². The number of anilines is 1. The molecular weight excluding hydrogens is 629 g/mol. The molecule has 4 amide bonds. The van der Waals surface area contributed by atoms with Crippen LogP contribution in [0.5, 0.6) is 11.5 Å². The molecule has 0 unspecified atom stereocenters. The van der Waals surface area contributed by atoms with E-state index in [0.29, 0.717) is 27.4 Å². The van der Waals surface area contributed by atoms with Crippen LogP contribution in [0.15, 0.2) is 84.5 Å². The van der Waals surface area contributed by atoms with Gasteiger partial charge in [0.1, 0.15) is 5.82 Å². The van der Waals surface area contributed by atoms with Gasteiger partial charge in [0, 0.05) is 10.9 Å². The summed E-state index contributed by atoms with van der Waals surface area (Å²) in [6.45, 7) is 0. The van der Waals surface area contributed by atoms with Gasteiger partial charge in [0.2, 0.25) is 0 Å². The second-order valence-corrected chi connectivity index (χ2v) is 12.6. The SMILES string of the molecule is COc1cc(C=C[C@H]2C3=CC[C@@H]4C(=O)N(O)C(=O)[C@@H]4[C@@H]3C[C@H]3C(=O)N(Nc4ccc(F)cc4)C(=O)[C@@]23c2ccc(Cl)cc2)ccc1O. The molecule has 0 spiro atoms. The minimum absolute atomic E-state index is 0.0476. The standard InChI is InChI=1S/C35H29ClFN3O7/c1-47-29-16-18(3-15-28(29)41)2-14-26-23-12-13-24-30(33(44)40(46)31(24)42)25(23)17-27-32(43)39(38-22-10-8-21(37)9-11-22)34(45)35(26,27)19-4-6-20(36)7-5-19/h2-12,14-16,24-27,30,38,41,46H,13,17H2,1H3/t24-,25+,26-,27-,30-,35-/m0/s1. The van der Waals surface area contributed by atoms with Crippen molar-refractivity contribution in [1.29, 1.82) is 0 Å². The van der Waals surface area contributed by atoms with E-state index in [2.05, 4.69) is 5.43 Å². The quantitative estimate of drug-likeness (QED) is 0.189. The highest BCUT2D eigenvalue weighted by Crippen LogP contribution is 2.61. The Morgan fingerprint density at radius 1 is 0.979 bits per heavy atom. The minimum Gasteiger partial charge on any atom is -0.504 e. The lowest BCUT2D eigenvalue weighted by Gasteiger charge is -2.49. The number of fused-ring (bicyclic) bond motifs is 4. The number of aromatic hydroxyl groups is 1. The average Bonchev–Trinajstić information content (AvgIpc) is 3.42. The average molecular weight is 658 g/mol. The zero-order valence-corrected chi connectivity index (χ0v) is 25.7. The normalized spacial score (nSPS) is 28.3. The summed E-state index contributed by atoms with van der Waals surface area (Å²) in [4.78, 5) is 55.5. The number of nitrogens with zero attached hydrogens (tertiary/aromatic N) is 2. The second-order valence-electron chi connectivity index (χ2n) is 12.2. The van der Waals surface area contributed by atoms with Crippen LogP contribution in [-0.4, -0.2) is 51.1 Å². The fourth-order valence-electron chi connectivity index (χ4n) is 7.89. The Labute approximate surface area is 273 Å². The van der Waals surface area contributed by atoms with E-state index >= 15 is 0 Å². The number of hydrogen-bond donors (Lipinski definition) is 3. The first kappa shape index (κ1) is 30.6. The molecule has 2 heterocycles. The summed E-state index contributed by atoms with van der Waals surface area (Å²) in [7, 11) is 1.42. The molecule has 2 saturated heterocycles. The number of phenols is 1. The van der Waals surface area contributed by atoms with Gasteiger partial charge in [-0.15, -0.1) is 0 Å². The van der Waals surface area contributed by atoms with Crippen LogP contribution in [0.1, 0.15) is 24.0 Å². The summed E-state index contributed by atoms with van der Waals surface area (Å²) < 4.78 is 19.0. The number of amides is 4. The van der Waals surface area contributed by atoms with E-state index in [1.165, 1.54) is 37.4 Å². The van der Waals surface area contributed by atoms with Crippen molar-refractivity contribution < 1.29 is 38.6 Å². The lowest BCUT2D eigenvalue weighted by atomic mass is 9.50. The van der Waals surface area contributed by atoms with E-state index in [9.17, 15) is 33.9 Å². The van der Waals surface area contributed by atoms with Crippen LogP contribution in [0.25, 0.3) is 6.08 Å². The third-order valence-electron chi connectivity index (χ3n) is 9.98. The summed E-state index contributed by atoms with van der Waals surface area (Å²) in [6.07, 6.45) is 5.62. The van der Waals surface area contributed by atoms with Crippen LogP contribution < -0.4 is 10.2 Å². The molecule has 240 valence electrons. The zero-order valence-electron chi connectivity index (χ0n) is 25.0. The molecule has 6 atom stereocenters. The summed E-state index contributed by atoms with van der Waals surface area (Å²) in [5.41, 5.74) is 3.51. The molecule has 0 aromatic heterocycles. The van der Waals surface area contributed by atoms with Crippen molar-refractivity contribution in [3.05, 3.63) is 106 Å². The first-order valence-corrected chi connectivity index (χ1v) is 15.4. The van der Waals surface area contributed by atoms with Crippen molar-refractivity contribution in [2.24, 2.45) is 29.6 Å². The predicted molar refractivity (Wildman–Crippen MR) is 167 cm³/mol. The van der Waals surface area contributed by atoms with Crippen LogP contribution in [0.4, 0.5) is 10.1 Å². The number of carbonyl (C=O) groups is 4. The van der Waals surface area contributed by atoms with Crippen molar-refractivity contribution in [3.63, 3.8) is 0 Å². The van der Waals surface area contributed by atoms with Crippen molar-refractivity contribution in [2.75, 3.05) is 12.5 Å². The molecule has 4 aliphatic rings. The number of rotatable bonds is 6. The van der Waals surface area contributed by atoms with E-state index in [1.54, 1.807) is 48.6 Å². The zero-order chi connectivity index (χ0) is 33.2. The van der Waals surface area contributed by atoms with E-state index in [0.717, 1.165) is 5.01 Å². The number of ether oxygens (including phenoxy) is 1.